The van der Waals surface area contributed by atoms with Crippen molar-refractivity contribution in [3.63, 3.8) is 0 Å². The van der Waals surface area contributed by atoms with Crippen LogP contribution < -0.4 is 5.32 Å². The van der Waals surface area contributed by atoms with Crippen LogP contribution in [-0.2, 0) is 32.1 Å². The van der Waals surface area contributed by atoms with E-state index in [1.54, 1.807) is 0 Å². The van der Waals surface area contributed by atoms with Crippen LogP contribution in [0.1, 0.15) is 36.5 Å². The summed E-state index contributed by atoms with van der Waals surface area (Å²) in [5, 5.41) is 14.1. The van der Waals surface area contributed by atoms with Crippen LogP contribution in [0.4, 0.5) is 0 Å². The number of fused-ring (bicyclic) bond motifs is 1. The molecule has 5 atom stereocenters. The number of nitrogens with zero attached hydrogens (tertiary/aromatic N) is 2. The zero-order valence-electron chi connectivity index (χ0n) is 21.1. The van der Waals surface area contributed by atoms with Crippen LogP contribution in [0.15, 0.2) is 54.6 Å². The molecule has 3 aliphatic rings. The number of amides is 3. The number of aliphatic hydroxyl groups is 1. The Kier molecular flexibility index (Phi) is 7.29. The summed E-state index contributed by atoms with van der Waals surface area (Å²) in [5.41, 5.74) is 3.07. The molecule has 5 rings (SSSR count). The van der Waals surface area contributed by atoms with Crippen molar-refractivity contribution in [3.05, 3.63) is 71.3 Å². The minimum absolute atomic E-state index is 0.126. The molecule has 0 saturated carbocycles. The minimum atomic E-state index is -1.49. The molecule has 0 radical (unpaired) electrons. The molecule has 3 saturated heterocycles. The number of aliphatic hydroxyl groups excluding tert-OH is 1. The highest BCUT2D eigenvalue weighted by atomic mass is 32.2. The molecular formula is C28H33N3O5S. The lowest BCUT2D eigenvalue weighted by atomic mass is 9.91. The number of carbonyl (C=O) groups excluding carboxylic acids is 3. The Balaban J connectivity index is 1.31. The lowest BCUT2D eigenvalue weighted by molar-refractivity contribution is -0.168. The van der Waals surface area contributed by atoms with Crippen molar-refractivity contribution < 1.29 is 24.2 Å². The van der Waals surface area contributed by atoms with Crippen LogP contribution >= 0.6 is 11.8 Å². The highest BCUT2D eigenvalue weighted by Crippen LogP contribution is 2.51. The number of nitrogens with one attached hydrogen (secondary N) is 1. The Bertz CT molecular complexity index is 1170. The smallest absolute Gasteiger partial charge is 0.255 e. The molecule has 37 heavy (non-hydrogen) atoms. The lowest BCUT2D eigenvalue weighted by Gasteiger charge is -2.53. The lowest BCUT2D eigenvalue weighted by Crippen LogP contribution is -2.73. The second-order valence-electron chi connectivity index (χ2n) is 10.1. The maximum Gasteiger partial charge on any atom is 0.255 e. The Hall–Kier alpha value is -2.88. The van der Waals surface area contributed by atoms with Crippen LogP contribution in [0.2, 0.25) is 0 Å². The summed E-state index contributed by atoms with van der Waals surface area (Å²) in [6.07, 6.45) is -0.374. The number of likely N-dealkylation sites (tertiary alicyclic amines) is 1. The normalized spacial score (nSPS) is 26.4. The number of ether oxygens (including phenoxy) is 1. The first-order chi connectivity index (χ1) is 17.8. The maximum atomic E-state index is 13.6. The Labute approximate surface area is 221 Å². The molecule has 3 fully saturated rings. The summed E-state index contributed by atoms with van der Waals surface area (Å²) in [6, 6.07) is 15.9. The van der Waals surface area contributed by atoms with E-state index in [4.69, 9.17) is 4.74 Å². The zero-order chi connectivity index (χ0) is 26.2. The predicted molar refractivity (Wildman–Crippen MR) is 140 cm³/mol. The fourth-order valence-corrected chi connectivity index (χ4v) is 6.80. The second kappa shape index (κ2) is 10.5. The SMILES string of the molecule is Cc1ccccc1CN1C(=O)[C@H]2N(C(=O)[C@@H](O)C(Cc3ccccc3)NC(=O)[C@@H]3CCCO3)CSC21C. The van der Waals surface area contributed by atoms with Gasteiger partial charge >= 0.3 is 0 Å². The van der Waals surface area contributed by atoms with Gasteiger partial charge in [0.05, 0.1) is 11.9 Å². The van der Waals surface area contributed by atoms with Gasteiger partial charge in [-0.15, -0.1) is 11.8 Å². The van der Waals surface area contributed by atoms with Gasteiger partial charge in [0.25, 0.3) is 5.91 Å². The van der Waals surface area contributed by atoms with Gasteiger partial charge in [0.1, 0.15) is 17.0 Å². The van der Waals surface area contributed by atoms with Crippen LogP contribution in [-0.4, -0.2) is 74.3 Å². The summed E-state index contributed by atoms with van der Waals surface area (Å²) >= 11 is 1.53. The molecule has 2 aromatic carbocycles. The van der Waals surface area contributed by atoms with Gasteiger partial charge in [0, 0.05) is 13.2 Å². The third-order valence-electron chi connectivity index (χ3n) is 7.71. The number of hydrogen-bond acceptors (Lipinski definition) is 6. The van der Waals surface area contributed by atoms with E-state index in [1.165, 1.54) is 16.7 Å². The number of aryl methyl sites for hydroxylation is 1. The summed E-state index contributed by atoms with van der Waals surface area (Å²) in [7, 11) is 0. The molecule has 0 aliphatic carbocycles. The molecule has 3 aliphatic heterocycles. The van der Waals surface area contributed by atoms with Crippen molar-refractivity contribution in [2.45, 2.75) is 68.8 Å². The highest BCUT2D eigenvalue weighted by Gasteiger charge is 2.65. The van der Waals surface area contributed by atoms with Crippen molar-refractivity contribution >= 4 is 29.5 Å². The van der Waals surface area contributed by atoms with Gasteiger partial charge in [-0.1, -0.05) is 54.6 Å². The predicted octanol–water partition coefficient (Wildman–Crippen LogP) is 2.22. The van der Waals surface area contributed by atoms with E-state index in [0.29, 0.717) is 25.4 Å². The average Bonchev–Trinajstić information content (AvgIpc) is 3.55. The van der Waals surface area contributed by atoms with Crippen molar-refractivity contribution in [1.82, 2.24) is 15.1 Å². The number of rotatable bonds is 8. The van der Waals surface area contributed by atoms with Gasteiger partial charge in [-0.05, 0) is 49.8 Å². The van der Waals surface area contributed by atoms with Gasteiger partial charge in [0.15, 0.2) is 6.10 Å². The number of β-lactam (4-membered cyclic amide) rings is 1. The van der Waals surface area contributed by atoms with Crippen molar-refractivity contribution in [2.75, 3.05) is 12.5 Å². The van der Waals surface area contributed by atoms with Gasteiger partial charge in [-0.2, -0.15) is 0 Å². The fourth-order valence-electron chi connectivity index (χ4n) is 5.43. The maximum absolute atomic E-state index is 13.6. The monoisotopic (exact) mass is 523 g/mol. The fraction of sp³-hybridized carbons (Fsp3) is 0.464. The third-order valence-corrected chi connectivity index (χ3v) is 9.14. The number of benzene rings is 2. The molecule has 9 heteroatoms. The van der Waals surface area contributed by atoms with Gasteiger partial charge in [0.2, 0.25) is 11.8 Å². The Morgan fingerprint density at radius 3 is 2.62 bits per heavy atom. The number of thioether (sulfide) groups is 1. The molecule has 2 N–H and O–H groups in total. The summed E-state index contributed by atoms with van der Waals surface area (Å²) in [4.78, 5) is 42.4. The van der Waals surface area contributed by atoms with Crippen LogP contribution in [0.5, 0.6) is 0 Å². The third kappa shape index (κ3) is 4.87. The van der Waals surface area contributed by atoms with E-state index in [-0.39, 0.29) is 18.2 Å². The first-order valence-electron chi connectivity index (χ1n) is 12.7. The average molecular weight is 524 g/mol. The molecule has 3 heterocycles. The molecule has 0 spiro atoms. The van der Waals surface area contributed by atoms with E-state index < -0.39 is 35.1 Å². The van der Waals surface area contributed by atoms with E-state index in [2.05, 4.69) is 5.32 Å². The Morgan fingerprint density at radius 1 is 1.19 bits per heavy atom. The van der Waals surface area contributed by atoms with E-state index in [9.17, 15) is 19.5 Å². The Morgan fingerprint density at radius 2 is 1.92 bits per heavy atom. The molecule has 0 aromatic heterocycles. The van der Waals surface area contributed by atoms with Crippen LogP contribution in [0.25, 0.3) is 0 Å². The standard InChI is InChI=1S/C28H33N3O5S/c1-18-9-6-7-12-20(18)16-31-27(35)24-28(31,2)37-17-30(24)26(34)23(32)21(15-19-10-4-3-5-11-19)29-25(33)22-13-8-14-36-22/h3-7,9-12,21-24,32H,8,13-17H2,1-2H3,(H,29,33)/t21?,22-,23-,24+,28?/m0/s1. The van der Waals surface area contributed by atoms with Crippen LogP contribution in [0, 0.1) is 6.92 Å². The summed E-state index contributed by atoms with van der Waals surface area (Å²) < 4.78 is 5.50. The first-order valence-corrected chi connectivity index (χ1v) is 13.7. The second-order valence-corrected chi connectivity index (χ2v) is 11.5. The summed E-state index contributed by atoms with van der Waals surface area (Å²) in [6.45, 7) is 4.99. The molecule has 0 bridgehead atoms. The highest BCUT2D eigenvalue weighted by molar-refractivity contribution is 8.01. The van der Waals surface area contributed by atoms with Crippen molar-refractivity contribution in [3.8, 4) is 0 Å². The quantitative estimate of drug-likeness (QED) is 0.515. The van der Waals surface area contributed by atoms with E-state index >= 15 is 0 Å². The van der Waals surface area contributed by atoms with E-state index in [0.717, 1.165) is 23.1 Å². The van der Waals surface area contributed by atoms with Gasteiger partial charge < -0.3 is 25.0 Å². The largest absolute Gasteiger partial charge is 0.381 e. The molecular weight excluding hydrogens is 490 g/mol. The molecule has 8 nitrogen and oxygen atoms in total. The summed E-state index contributed by atoms with van der Waals surface area (Å²) in [5.74, 6) is -0.696. The molecule has 2 aromatic rings. The molecule has 2 unspecified atom stereocenters. The topological polar surface area (TPSA) is 99.2 Å². The minimum Gasteiger partial charge on any atom is -0.381 e. The zero-order valence-corrected chi connectivity index (χ0v) is 21.9. The number of hydrogen-bond donors (Lipinski definition) is 2. The molecule has 196 valence electrons. The van der Waals surface area contributed by atoms with Gasteiger partial charge in [-0.25, -0.2) is 0 Å². The van der Waals surface area contributed by atoms with Crippen molar-refractivity contribution in [2.24, 2.45) is 0 Å². The molecule has 3 amide bonds. The van der Waals surface area contributed by atoms with Gasteiger partial charge in [-0.3, -0.25) is 14.4 Å². The van der Waals surface area contributed by atoms with Crippen molar-refractivity contribution in [1.29, 1.82) is 0 Å². The van der Waals surface area contributed by atoms with E-state index in [1.807, 2.05) is 73.3 Å². The number of carbonyl (C=O) groups is 3. The van der Waals surface area contributed by atoms with Crippen LogP contribution in [0.3, 0.4) is 0 Å². The first kappa shape index (κ1) is 25.8.